The summed E-state index contributed by atoms with van der Waals surface area (Å²) in [5, 5.41) is 3.54. The lowest BCUT2D eigenvalue weighted by Gasteiger charge is -2.33. The molecule has 0 radical (unpaired) electrons. The predicted octanol–water partition coefficient (Wildman–Crippen LogP) is 4.41. The van der Waals surface area contributed by atoms with Gasteiger partial charge in [-0.2, -0.15) is 0 Å². The lowest BCUT2D eigenvalue weighted by atomic mass is 9.77. The van der Waals surface area contributed by atoms with Crippen molar-refractivity contribution >= 4 is 15.9 Å². The third-order valence-electron chi connectivity index (χ3n) is 4.59. The van der Waals surface area contributed by atoms with E-state index in [4.69, 9.17) is 4.74 Å². The lowest BCUT2D eigenvalue weighted by molar-refractivity contribution is 0.227. The van der Waals surface area contributed by atoms with Crippen molar-refractivity contribution in [3.05, 3.63) is 28.2 Å². The molecule has 1 fully saturated rings. The van der Waals surface area contributed by atoms with Crippen LogP contribution in [0.3, 0.4) is 0 Å². The van der Waals surface area contributed by atoms with E-state index in [1.807, 2.05) is 0 Å². The maximum absolute atomic E-state index is 5.30. The van der Waals surface area contributed by atoms with Gasteiger partial charge < -0.3 is 10.1 Å². The maximum Gasteiger partial charge on any atom is 0.133 e. The van der Waals surface area contributed by atoms with E-state index in [1.165, 1.54) is 31.2 Å². The zero-order valence-electron chi connectivity index (χ0n) is 12.8. The van der Waals surface area contributed by atoms with Gasteiger partial charge in [0.2, 0.25) is 0 Å². The smallest absolute Gasteiger partial charge is 0.133 e. The molecule has 2 nitrogen and oxygen atoms in total. The Morgan fingerprint density at radius 1 is 1.40 bits per heavy atom. The monoisotopic (exact) mass is 339 g/mol. The van der Waals surface area contributed by atoms with E-state index in [2.05, 4.69) is 53.4 Å². The number of benzene rings is 1. The molecule has 1 aromatic rings. The summed E-state index contributed by atoms with van der Waals surface area (Å²) in [6.45, 7) is 2.39. The van der Waals surface area contributed by atoms with Crippen LogP contribution in [0.5, 0.6) is 5.75 Å². The highest BCUT2D eigenvalue weighted by molar-refractivity contribution is 9.10. The summed E-state index contributed by atoms with van der Waals surface area (Å²) in [4.78, 5) is 0. The van der Waals surface area contributed by atoms with Gasteiger partial charge in [-0.25, -0.2) is 0 Å². The summed E-state index contributed by atoms with van der Waals surface area (Å²) in [5.74, 6) is 2.60. The topological polar surface area (TPSA) is 21.3 Å². The van der Waals surface area contributed by atoms with Crippen LogP contribution in [-0.2, 0) is 6.42 Å². The first-order valence-electron chi connectivity index (χ1n) is 7.63. The van der Waals surface area contributed by atoms with Gasteiger partial charge in [0.1, 0.15) is 5.75 Å². The normalized spacial score (nSPS) is 24.4. The minimum atomic E-state index is 0.582. The number of nitrogens with one attached hydrogen (secondary N) is 1. The summed E-state index contributed by atoms with van der Waals surface area (Å²) in [5.41, 5.74) is 1.37. The fraction of sp³-hybridized carbons (Fsp3) is 0.647. The van der Waals surface area contributed by atoms with Gasteiger partial charge in [0.25, 0.3) is 0 Å². The summed E-state index contributed by atoms with van der Waals surface area (Å²) < 4.78 is 6.34. The molecule has 0 spiro atoms. The Morgan fingerprint density at radius 2 is 2.20 bits per heavy atom. The van der Waals surface area contributed by atoms with Crippen LogP contribution in [0, 0.1) is 11.8 Å². The average molecular weight is 340 g/mol. The van der Waals surface area contributed by atoms with Crippen molar-refractivity contribution in [2.24, 2.45) is 11.8 Å². The number of methoxy groups -OCH3 is 1. The Morgan fingerprint density at radius 3 is 2.80 bits per heavy atom. The molecular weight excluding hydrogens is 314 g/mol. The van der Waals surface area contributed by atoms with Crippen molar-refractivity contribution in [3.63, 3.8) is 0 Å². The van der Waals surface area contributed by atoms with Crippen LogP contribution < -0.4 is 10.1 Å². The Labute approximate surface area is 131 Å². The fourth-order valence-corrected chi connectivity index (χ4v) is 4.03. The molecule has 20 heavy (non-hydrogen) atoms. The molecule has 0 saturated heterocycles. The van der Waals surface area contributed by atoms with Crippen LogP contribution in [0.1, 0.15) is 38.2 Å². The van der Waals surface area contributed by atoms with Gasteiger partial charge in [-0.05, 0) is 71.8 Å². The lowest BCUT2D eigenvalue weighted by Crippen LogP contribution is -2.37. The molecule has 1 aromatic carbocycles. The van der Waals surface area contributed by atoms with E-state index in [0.717, 1.165) is 28.5 Å². The molecule has 1 aliphatic carbocycles. The zero-order valence-corrected chi connectivity index (χ0v) is 14.4. The molecular formula is C17H26BrNO. The zero-order chi connectivity index (χ0) is 14.5. The number of hydrogen-bond acceptors (Lipinski definition) is 2. The average Bonchev–Trinajstić information content (AvgIpc) is 2.45. The van der Waals surface area contributed by atoms with E-state index in [1.54, 1.807) is 7.11 Å². The van der Waals surface area contributed by atoms with Gasteiger partial charge in [0.05, 0.1) is 11.6 Å². The Hall–Kier alpha value is -0.540. The van der Waals surface area contributed by atoms with Crippen molar-refractivity contribution in [3.8, 4) is 5.75 Å². The van der Waals surface area contributed by atoms with Crippen molar-refractivity contribution in [2.45, 2.75) is 45.1 Å². The van der Waals surface area contributed by atoms with E-state index >= 15 is 0 Å². The molecule has 112 valence electrons. The molecule has 1 N–H and O–H groups in total. The van der Waals surface area contributed by atoms with E-state index in [-0.39, 0.29) is 0 Å². The SMILES string of the molecule is CNC(Cc1ccc(OC)c(Br)c1)C1CCCC(C)C1. The largest absolute Gasteiger partial charge is 0.496 e. The molecule has 0 heterocycles. The quantitative estimate of drug-likeness (QED) is 0.857. The number of likely N-dealkylation sites (N-methyl/N-ethyl adjacent to an activating group) is 1. The van der Waals surface area contributed by atoms with Gasteiger partial charge in [-0.1, -0.05) is 25.8 Å². The molecule has 3 heteroatoms. The van der Waals surface area contributed by atoms with Crippen LogP contribution in [-0.4, -0.2) is 20.2 Å². The van der Waals surface area contributed by atoms with Gasteiger partial charge in [0.15, 0.2) is 0 Å². The Balaban J connectivity index is 2.04. The van der Waals surface area contributed by atoms with Gasteiger partial charge in [0, 0.05) is 6.04 Å². The summed E-state index contributed by atoms with van der Waals surface area (Å²) in [6.07, 6.45) is 6.61. The molecule has 0 aromatic heterocycles. The van der Waals surface area contributed by atoms with Crippen LogP contribution in [0.15, 0.2) is 22.7 Å². The standard InChI is InChI=1S/C17H26BrNO/c1-12-5-4-6-14(9-12)16(19-2)11-13-7-8-17(20-3)15(18)10-13/h7-8,10,12,14,16,19H,4-6,9,11H2,1-3H3. The summed E-state index contributed by atoms with van der Waals surface area (Å²) >= 11 is 3.58. The highest BCUT2D eigenvalue weighted by Gasteiger charge is 2.25. The molecule has 0 aliphatic heterocycles. The number of halogens is 1. The van der Waals surface area contributed by atoms with Crippen LogP contribution in [0.2, 0.25) is 0 Å². The molecule has 1 saturated carbocycles. The molecule has 0 amide bonds. The molecule has 3 atom stereocenters. The Kier molecular flexibility index (Phi) is 5.91. The fourth-order valence-electron chi connectivity index (χ4n) is 3.44. The second-order valence-corrected chi connectivity index (χ2v) is 6.95. The van der Waals surface area contributed by atoms with Crippen molar-refractivity contribution in [1.82, 2.24) is 5.32 Å². The van der Waals surface area contributed by atoms with Gasteiger partial charge >= 0.3 is 0 Å². The van der Waals surface area contributed by atoms with Gasteiger partial charge in [-0.15, -0.1) is 0 Å². The molecule has 2 rings (SSSR count). The third-order valence-corrected chi connectivity index (χ3v) is 5.21. The number of hydrogen-bond donors (Lipinski definition) is 1. The van der Waals surface area contributed by atoms with E-state index in [0.29, 0.717) is 6.04 Å². The Bertz CT molecular complexity index is 435. The highest BCUT2D eigenvalue weighted by atomic mass is 79.9. The van der Waals surface area contributed by atoms with Crippen molar-refractivity contribution in [2.75, 3.05) is 14.2 Å². The van der Waals surface area contributed by atoms with Crippen LogP contribution >= 0.6 is 15.9 Å². The summed E-state index contributed by atoms with van der Waals surface area (Å²) in [7, 11) is 3.81. The maximum atomic E-state index is 5.30. The number of ether oxygens (including phenoxy) is 1. The minimum absolute atomic E-state index is 0.582. The van der Waals surface area contributed by atoms with Gasteiger partial charge in [-0.3, -0.25) is 0 Å². The first-order valence-corrected chi connectivity index (χ1v) is 8.43. The number of rotatable bonds is 5. The third kappa shape index (κ3) is 3.98. The van der Waals surface area contributed by atoms with Crippen molar-refractivity contribution < 1.29 is 4.74 Å². The molecule has 3 unspecified atom stereocenters. The van der Waals surface area contributed by atoms with E-state index < -0.39 is 0 Å². The predicted molar refractivity (Wildman–Crippen MR) is 88.4 cm³/mol. The molecule has 0 bridgehead atoms. The van der Waals surface area contributed by atoms with Crippen LogP contribution in [0.4, 0.5) is 0 Å². The van der Waals surface area contributed by atoms with Crippen molar-refractivity contribution in [1.29, 1.82) is 0 Å². The first-order chi connectivity index (χ1) is 9.63. The van der Waals surface area contributed by atoms with Crippen LogP contribution in [0.25, 0.3) is 0 Å². The second kappa shape index (κ2) is 7.46. The molecule has 1 aliphatic rings. The summed E-state index contributed by atoms with van der Waals surface area (Å²) in [6, 6.07) is 7.00. The second-order valence-electron chi connectivity index (χ2n) is 6.10. The minimum Gasteiger partial charge on any atom is -0.496 e. The highest BCUT2D eigenvalue weighted by Crippen LogP contribution is 2.32. The van der Waals surface area contributed by atoms with E-state index in [9.17, 15) is 0 Å². The first kappa shape index (κ1) is 15.8.